The second kappa shape index (κ2) is 9.89. The maximum Gasteiger partial charge on any atom is 0.412 e. The van der Waals surface area contributed by atoms with E-state index in [9.17, 15) is 9.59 Å². The molecule has 2 aromatic heterocycles. The number of pyridine rings is 1. The van der Waals surface area contributed by atoms with E-state index in [2.05, 4.69) is 5.32 Å². The smallest absolute Gasteiger partial charge is 0.412 e. The fraction of sp³-hybridized carbons (Fsp3) is 0.241. The Bertz CT molecular complexity index is 1480. The van der Waals surface area contributed by atoms with Crippen LogP contribution >= 0.6 is 0 Å². The summed E-state index contributed by atoms with van der Waals surface area (Å²) in [4.78, 5) is 26.3. The average molecular weight is 502 g/mol. The maximum atomic E-state index is 13.9. The van der Waals surface area contributed by atoms with Crippen molar-refractivity contribution in [2.24, 2.45) is 0 Å². The third-order valence-electron chi connectivity index (χ3n) is 5.91. The molecule has 0 spiro atoms. The molecule has 0 atom stereocenters. The molecule has 192 valence electrons. The summed E-state index contributed by atoms with van der Waals surface area (Å²) < 4.78 is 17.8. The number of nitrogens with one attached hydrogen (secondary N) is 1. The van der Waals surface area contributed by atoms with Crippen molar-refractivity contribution in [3.05, 3.63) is 77.6 Å². The zero-order chi connectivity index (χ0) is 26.9. The Morgan fingerprint density at radius 1 is 0.946 bits per heavy atom. The number of nitrogens with zero attached hydrogens (tertiary/aromatic N) is 1. The number of fused-ring (bicyclic) bond motifs is 1. The van der Waals surface area contributed by atoms with E-state index in [-0.39, 0.29) is 5.78 Å². The number of rotatable bonds is 6. The highest BCUT2D eigenvalue weighted by Crippen LogP contribution is 2.36. The van der Waals surface area contributed by atoms with E-state index in [4.69, 9.17) is 19.9 Å². The van der Waals surface area contributed by atoms with Gasteiger partial charge < -0.3 is 24.3 Å². The predicted molar refractivity (Wildman–Crippen MR) is 145 cm³/mol. The minimum Gasteiger partial charge on any atom is -0.497 e. The number of aromatic nitrogens is 1. The molecule has 0 radical (unpaired) electrons. The molecule has 8 heteroatoms. The highest BCUT2D eigenvalue weighted by atomic mass is 16.6. The quantitative estimate of drug-likeness (QED) is 0.245. The third kappa shape index (κ3) is 5.23. The van der Waals surface area contributed by atoms with Gasteiger partial charge in [-0.15, -0.1) is 0 Å². The Morgan fingerprint density at radius 2 is 1.65 bits per heavy atom. The number of benzene rings is 2. The van der Waals surface area contributed by atoms with Crippen molar-refractivity contribution in [3.8, 4) is 22.6 Å². The lowest BCUT2D eigenvalue weighted by atomic mass is 9.99. The minimum absolute atomic E-state index is 0.208. The first-order valence-corrected chi connectivity index (χ1v) is 11.8. The number of methoxy groups -OCH3 is 2. The van der Waals surface area contributed by atoms with Gasteiger partial charge in [0, 0.05) is 17.3 Å². The fourth-order valence-electron chi connectivity index (χ4n) is 4.27. The van der Waals surface area contributed by atoms with Crippen LogP contribution in [-0.2, 0) is 4.74 Å². The molecule has 0 aliphatic carbocycles. The number of ketones is 1. The number of hydrogen-bond donors (Lipinski definition) is 2. The lowest BCUT2D eigenvalue weighted by molar-refractivity contribution is 0.0635. The van der Waals surface area contributed by atoms with Gasteiger partial charge >= 0.3 is 6.09 Å². The number of nitrogen functional groups attached to an aromatic ring is 1. The molecular weight excluding hydrogens is 470 g/mol. The van der Waals surface area contributed by atoms with Gasteiger partial charge in [0.1, 0.15) is 17.1 Å². The normalized spacial score (nSPS) is 11.3. The molecule has 1 amide bonds. The first-order chi connectivity index (χ1) is 17.5. The summed E-state index contributed by atoms with van der Waals surface area (Å²) in [6, 6.07) is 16.3. The molecule has 0 aliphatic heterocycles. The van der Waals surface area contributed by atoms with Crippen molar-refractivity contribution < 1.29 is 23.8 Å². The van der Waals surface area contributed by atoms with E-state index >= 15 is 0 Å². The van der Waals surface area contributed by atoms with E-state index in [1.54, 1.807) is 62.7 Å². The SMILES string of the molecule is COc1ccc(-c2c(C)c(C(=O)c3ccc(N)c(OC)c3)n3cc(NC(=O)OC(C)(C)C)ccc23)cc1. The number of carbonyl (C=O) groups is 2. The highest BCUT2D eigenvalue weighted by Gasteiger charge is 2.24. The minimum atomic E-state index is -0.644. The average Bonchev–Trinajstić information content (AvgIpc) is 3.13. The fourth-order valence-corrected chi connectivity index (χ4v) is 4.27. The van der Waals surface area contributed by atoms with Gasteiger partial charge in [-0.05, 0) is 81.3 Å². The van der Waals surface area contributed by atoms with Crippen molar-refractivity contribution in [3.63, 3.8) is 0 Å². The summed E-state index contributed by atoms with van der Waals surface area (Å²) in [5.74, 6) is 0.950. The Morgan fingerprint density at radius 3 is 2.27 bits per heavy atom. The summed E-state index contributed by atoms with van der Waals surface area (Å²) in [5.41, 5.74) is 10.6. The molecule has 4 aromatic rings. The van der Waals surface area contributed by atoms with Crippen LogP contribution in [0.15, 0.2) is 60.8 Å². The van der Waals surface area contributed by atoms with E-state index < -0.39 is 11.7 Å². The summed E-state index contributed by atoms with van der Waals surface area (Å²) in [5, 5.41) is 2.76. The predicted octanol–water partition coefficient (Wildman–Crippen LogP) is 6.09. The van der Waals surface area contributed by atoms with Gasteiger partial charge in [0.25, 0.3) is 0 Å². The van der Waals surface area contributed by atoms with Gasteiger partial charge in [-0.25, -0.2) is 4.79 Å². The molecular formula is C29H31N3O5. The van der Waals surface area contributed by atoms with Crippen molar-refractivity contribution >= 4 is 28.8 Å². The Kier molecular flexibility index (Phi) is 6.85. The molecule has 2 aromatic carbocycles. The second-order valence-corrected chi connectivity index (χ2v) is 9.66. The number of hydrogen-bond acceptors (Lipinski definition) is 6. The van der Waals surface area contributed by atoms with Crippen LogP contribution in [0, 0.1) is 6.92 Å². The van der Waals surface area contributed by atoms with E-state index in [1.807, 2.05) is 37.3 Å². The van der Waals surface area contributed by atoms with Crippen LogP contribution in [0.2, 0.25) is 0 Å². The maximum absolute atomic E-state index is 13.9. The molecule has 4 rings (SSSR count). The number of carbonyl (C=O) groups excluding carboxylic acids is 2. The number of ether oxygens (including phenoxy) is 3. The molecule has 2 heterocycles. The van der Waals surface area contributed by atoms with Gasteiger partial charge in [-0.3, -0.25) is 10.1 Å². The van der Waals surface area contributed by atoms with Crippen LogP contribution in [0.1, 0.15) is 42.4 Å². The first kappa shape index (κ1) is 25.6. The Balaban J connectivity index is 1.88. The molecule has 0 bridgehead atoms. The van der Waals surface area contributed by atoms with E-state index in [1.165, 1.54) is 7.11 Å². The van der Waals surface area contributed by atoms with Gasteiger partial charge in [-0.1, -0.05) is 12.1 Å². The van der Waals surface area contributed by atoms with Crippen molar-refractivity contribution in [1.82, 2.24) is 4.40 Å². The van der Waals surface area contributed by atoms with Crippen LogP contribution in [0.25, 0.3) is 16.6 Å². The van der Waals surface area contributed by atoms with E-state index in [0.29, 0.717) is 28.4 Å². The number of nitrogens with two attached hydrogens (primary N) is 1. The summed E-state index contributed by atoms with van der Waals surface area (Å²) >= 11 is 0. The Labute approximate surface area is 216 Å². The summed E-state index contributed by atoms with van der Waals surface area (Å²) in [6.45, 7) is 7.30. The van der Waals surface area contributed by atoms with Crippen molar-refractivity contribution in [2.45, 2.75) is 33.3 Å². The van der Waals surface area contributed by atoms with Gasteiger partial charge in [0.05, 0.1) is 36.8 Å². The standard InChI is InChI=1S/C29H31N3O5/c1-17-25(18-7-11-21(35-5)12-8-18)23-14-10-20(31-28(34)37-29(2,3)4)16-32(23)26(17)27(33)19-9-13-22(30)24(15-19)36-6/h7-16H,30H2,1-6H3,(H,31,34). The van der Waals surface area contributed by atoms with Gasteiger partial charge in [0.15, 0.2) is 0 Å². The van der Waals surface area contributed by atoms with Crippen LogP contribution in [0.3, 0.4) is 0 Å². The molecule has 0 saturated carbocycles. The van der Waals surface area contributed by atoms with Gasteiger partial charge in [-0.2, -0.15) is 0 Å². The van der Waals surface area contributed by atoms with Crippen LogP contribution in [-0.4, -0.2) is 36.1 Å². The monoisotopic (exact) mass is 501 g/mol. The van der Waals surface area contributed by atoms with Crippen LogP contribution in [0.5, 0.6) is 11.5 Å². The summed E-state index contributed by atoms with van der Waals surface area (Å²) in [7, 11) is 3.12. The second-order valence-electron chi connectivity index (χ2n) is 9.66. The topological polar surface area (TPSA) is 104 Å². The lowest BCUT2D eigenvalue weighted by Crippen LogP contribution is -2.27. The summed E-state index contributed by atoms with van der Waals surface area (Å²) in [6.07, 6.45) is 1.14. The molecule has 0 unspecified atom stereocenters. The highest BCUT2D eigenvalue weighted by molar-refractivity contribution is 6.12. The number of anilines is 2. The lowest BCUT2D eigenvalue weighted by Gasteiger charge is -2.19. The van der Waals surface area contributed by atoms with Crippen molar-refractivity contribution in [1.29, 1.82) is 0 Å². The van der Waals surface area contributed by atoms with E-state index in [0.717, 1.165) is 28.0 Å². The van der Waals surface area contributed by atoms with Crippen molar-refractivity contribution in [2.75, 3.05) is 25.3 Å². The number of amides is 1. The van der Waals surface area contributed by atoms with Crippen LogP contribution in [0.4, 0.5) is 16.2 Å². The molecule has 0 aliphatic rings. The molecule has 0 fully saturated rings. The van der Waals surface area contributed by atoms with Gasteiger partial charge in [0.2, 0.25) is 5.78 Å². The largest absolute Gasteiger partial charge is 0.497 e. The van der Waals surface area contributed by atoms with Crippen LogP contribution < -0.4 is 20.5 Å². The zero-order valence-electron chi connectivity index (χ0n) is 21.8. The Hall–Kier alpha value is -4.46. The molecule has 8 nitrogen and oxygen atoms in total. The molecule has 0 saturated heterocycles. The third-order valence-corrected chi connectivity index (χ3v) is 5.91. The molecule has 3 N–H and O–H groups in total. The first-order valence-electron chi connectivity index (χ1n) is 11.8. The molecule has 37 heavy (non-hydrogen) atoms. The zero-order valence-corrected chi connectivity index (χ0v) is 21.8.